The van der Waals surface area contributed by atoms with Gasteiger partial charge >= 0.3 is 0 Å². The van der Waals surface area contributed by atoms with Crippen molar-refractivity contribution < 1.29 is 0 Å². The van der Waals surface area contributed by atoms with Gasteiger partial charge in [-0.1, -0.05) is 13.8 Å². The Labute approximate surface area is 115 Å². The average molecular weight is 263 g/mol. The molecule has 2 atom stereocenters. The highest BCUT2D eigenvalue weighted by molar-refractivity contribution is 5.49. The number of nitrogens with zero attached hydrogens (tertiary/aromatic N) is 3. The molecule has 1 aromatic rings. The van der Waals surface area contributed by atoms with Gasteiger partial charge in [0.2, 0.25) is 0 Å². The van der Waals surface area contributed by atoms with E-state index in [-0.39, 0.29) is 0 Å². The Morgan fingerprint density at radius 3 is 2.84 bits per heavy atom. The Hall–Kier alpha value is -1.36. The molecule has 1 aliphatic heterocycles. The SMILES string of the molecule is CCCc1nc(NN)cc(N2CCC(C)CC2C)n1. The molecule has 1 aromatic heterocycles. The molecule has 0 amide bonds. The summed E-state index contributed by atoms with van der Waals surface area (Å²) in [6.45, 7) is 7.79. The van der Waals surface area contributed by atoms with Gasteiger partial charge in [-0.15, -0.1) is 0 Å². The van der Waals surface area contributed by atoms with E-state index in [0.717, 1.165) is 36.9 Å². The molecule has 0 radical (unpaired) electrons. The molecule has 2 heterocycles. The fourth-order valence-electron chi connectivity index (χ4n) is 2.79. The van der Waals surface area contributed by atoms with E-state index in [0.29, 0.717) is 11.9 Å². The summed E-state index contributed by atoms with van der Waals surface area (Å²) in [5, 5.41) is 0. The standard InChI is InChI=1S/C14H25N5/c1-4-5-12-16-13(18-15)9-14(17-12)19-7-6-10(2)8-11(19)3/h9-11H,4-8,15H2,1-3H3,(H,16,17,18). The summed E-state index contributed by atoms with van der Waals surface area (Å²) in [5.74, 6) is 8.90. The monoisotopic (exact) mass is 263 g/mol. The first-order valence-corrected chi connectivity index (χ1v) is 7.25. The molecular formula is C14H25N5. The highest BCUT2D eigenvalue weighted by atomic mass is 15.3. The van der Waals surface area contributed by atoms with Crippen molar-refractivity contribution in [3.63, 3.8) is 0 Å². The van der Waals surface area contributed by atoms with E-state index in [1.54, 1.807) is 0 Å². The van der Waals surface area contributed by atoms with Gasteiger partial charge in [0.05, 0.1) is 0 Å². The van der Waals surface area contributed by atoms with Crippen LogP contribution in [0.1, 0.15) is 45.9 Å². The average Bonchev–Trinajstić information content (AvgIpc) is 2.38. The molecule has 0 spiro atoms. The zero-order chi connectivity index (χ0) is 13.8. The largest absolute Gasteiger partial charge is 0.354 e. The summed E-state index contributed by atoms with van der Waals surface area (Å²) in [6, 6.07) is 2.48. The van der Waals surface area contributed by atoms with Crippen LogP contribution in [-0.4, -0.2) is 22.6 Å². The maximum Gasteiger partial charge on any atom is 0.145 e. The van der Waals surface area contributed by atoms with Crippen LogP contribution in [0.15, 0.2) is 6.07 Å². The topological polar surface area (TPSA) is 67.1 Å². The first-order chi connectivity index (χ1) is 9.13. The van der Waals surface area contributed by atoms with E-state index in [1.165, 1.54) is 12.8 Å². The molecule has 2 unspecified atom stereocenters. The maximum absolute atomic E-state index is 5.51. The third-order valence-electron chi connectivity index (χ3n) is 3.81. The second-order valence-electron chi connectivity index (χ2n) is 5.59. The summed E-state index contributed by atoms with van der Waals surface area (Å²) >= 11 is 0. The number of hydrazine groups is 1. The molecular weight excluding hydrogens is 238 g/mol. The van der Waals surface area contributed by atoms with Gasteiger partial charge in [-0.2, -0.15) is 0 Å². The van der Waals surface area contributed by atoms with Gasteiger partial charge in [-0.05, 0) is 32.1 Å². The molecule has 0 aromatic carbocycles. The van der Waals surface area contributed by atoms with Crippen LogP contribution in [0.25, 0.3) is 0 Å². The zero-order valence-electron chi connectivity index (χ0n) is 12.2. The Morgan fingerprint density at radius 2 is 2.21 bits per heavy atom. The third-order valence-corrected chi connectivity index (χ3v) is 3.81. The van der Waals surface area contributed by atoms with Crippen molar-refractivity contribution in [3.8, 4) is 0 Å². The van der Waals surface area contributed by atoms with Gasteiger partial charge in [0.25, 0.3) is 0 Å². The highest BCUT2D eigenvalue weighted by Gasteiger charge is 2.24. The molecule has 1 aliphatic rings. The number of piperidine rings is 1. The number of nitrogen functional groups attached to an aromatic ring is 1. The molecule has 106 valence electrons. The fourth-order valence-corrected chi connectivity index (χ4v) is 2.79. The Morgan fingerprint density at radius 1 is 1.42 bits per heavy atom. The van der Waals surface area contributed by atoms with Crippen LogP contribution in [-0.2, 0) is 6.42 Å². The summed E-state index contributed by atoms with van der Waals surface area (Å²) in [7, 11) is 0. The molecule has 5 nitrogen and oxygen atoms in total. The van der Waals surface area contributed by atoms with Gasteiger partial charge in [0.1, 0.15) is 17.5 Å². The Bertz CT molecular complexity index is 420. The molecule has 2 rings (SSSR count). The van der Waals surface area contributed by atoms with E-state index >= 15 is 0 Å². The predicted octanol–water partition coefficient (Wildman–Crippen LogP) is 2.34. The zero-order valence-corrected chi connectivity index (χ0v) is 12.2. The lowest BCUT2D eigenvalue weighted by atomic mass is 9.93. The fraction of sp³-hybridized carbons (Fsp3) is 0.714. The Balaban J connectivity index is 2.25. The van der Waals surface area contributed by atoms with Crippen molar-refractivity contribution in [1.82, 2.24) is 9.97 Å². The van der Waals surface area contributed by atoms with Crippen LogP contribution in [0.2, 0.25) is 0 Å². The van der Waals surface area contributed by atoms with Gasteiger partial charge in [0, 0.05) is 25.1 Å². The molecule has 0 bridgehead atoms. The van der Waals surface area contributed by atoms with E-state index in [1.807, 2.05) is 6.07 Å². The second-order valence-corrected chi connectivity index (χ2v) is 5.59. The Kier molecular flexibility index (Phi) is 4.58. The van der Waals surface area contributed by atoms with E-state index in [9.17, 15) is 0 Å². The molecule has 19 heavy (non-hydrogen) atoms. The summed E-state index contributed by atoms with van der Waals surface area (Å²) < 4.78 is 0. The minimum Gasteiger partial charge on any atom is -0.354 e. The first kappa shape index (κ1) is 14.1. The lowest BCUT2D eigenvalue weighted by Gasteiger charge is -2.37. The third kappa shape index (κ3) is 3.35. The number of hydrogen-bond donors (Lipinski definition) is 2. The summed E-state index contributed by atoms with van der Waals surface area (Å²) in [6.07, 6.45) is 4.38. The number of nitrogens with two attached hydrogens (primary N) is 1. The van der Waals surface area contributed by atoms with Crippen LogP contribution >= 0.6 is 0 Å². The van der Waals surface area contributed by atoms with Crippen LogP contribution in [0, 0.1) is 5.92 Å². The van der Waals surface area contributed by atoms with Crippen molar-refractivity contribution in [2.45, 2.75) is 52.5 Å². The molecule has 1 saturated heterocycles. The number of rotatable bonds is 4. The van der Waals surface area contributed by atoms with Crippen molar-refractivity contribution in [3.05, 3.63) is 11.9 Å². The number of nitrogens with one attached hydrogen (secondary N) is 1. The van der Waals surface area contributed by atoms with E-state index in [2.05, 4.69) is 41.1 Å². The first-order valence-electron chi connectivity index (χ1n) is 7.25. The van der Waals surface area contributed by atoms with Crippen LogP contribution in [0.3, 0.4) is 0 Å². The van der Waals surface area contributed by atoms with Gasteiger partial charge in [-0.3, -0.25) is 0 Å². The van der Waals surface area contributed by atoms with Crippen molar-refractivity contribution in [1.29, 1.82) is 0 Å². The lowest BCUT2D eigenvalue weighted by Crippen LogP contribution is -2.41. The summed E-state index contributed by atoms with van der Waals surface area (Å²) in [4.78, 5) is 11.5. The van der Waals surface area contributed by atoms with Gasteiger partial charge in [0.15, 0.2) is 0 Å². The quantitative estimate of drug-likeness (QED) is 0.644. The molecule has 1 fully saturated rings. The smallest absolute Gasteiger partial charge is 0.145 e. The van der Waals surface area contributed by atoms with Gasteiger partial charge < -0.3 is 10.3 Å². The molecule has 3 N–H and O–H groups in total. The number of anilines is 2. The van der Waals surface area contributed by atoms with Crippen LogP contribution in [0.5, 0.6) is 0 Å². The predicted molar refractivity (Wildman–Crippen MR) is 79.0 cm³/mol. The molecule has 5 heteroatoms. The maximum atomic E-state index is 5.51. The molecule has 0 saturated carbocycles. The van der Waals surface area contributed by atoms with Crippen molar-refractivity contribution >= 4 is 11.6 Å². The molecule has 0 aliphatic carbocycles. The minimum atomic E-state index is 0.527. The number of aryl methyl sites for hydroxylation is 1. The summed E-state index contributed by atoms with van der Waals surface area (Å²) in [5.41, 5.74) is 2.65. The highest BCUT2D eigenvalue weighted by Crippen LogP contribution is 2.27. The van der Waals surface area contributed by atoms with Gasteiger partial charge in [-0.25, -0.2) is 15.8 Å². The van der Waals surface area contributed by atoms with E-state index in [4.69, 9.17) is 5.84 Å². The normalized spacial score (nSPS) is 23.5. The van der Waals surface area contributed by atoms with Crippen molar-refractivity contribution in [2.75, 3.05) is 16.9 Å². The minimum absolute atomic E-state index is 0.527. The lowest BCUT2D eigenvalue weighted by molar-refractivity contribution is 0.375. The van der Waals surface area contributed by atoms with E-state index < -0.39 is 0 Å². The van der Waals surface area contributed by atoms with Crippen LogP contribution < -0.4 is 16.2 Å². The second kappa shape index (κ2) is 6.19. The number of hydrogen-bond acceptors (Lipinski definition) is 5. The van der Waals surface area contributed by atoms with Crippen molar-refractivity contribution in [2.24, 2.45) is 11.8 Å². The van der Waals surface area contributed by atoms with Crippen LogP contribution in [0.4, 0.5) is 11.6 Å². The number of aromatic nitrogens is 2.